The monoisotopic (exact) mass is 776 g/mol. The van der Waals surface area contributed by atoms with Crippen molar-refractivity contribution < 1.29 is 33.8 Å². The third-order valence-corrected chi connectivity index (χ3v) is 12.1. The molecule has 0 aromatic heterocycles. The molecule has 6 aliphatic rings. The van der Waals surface area contributed by atoms with Gasteiger partial charge in [0.15, 0.2) is 12.3 Å². The summed E-state index contributed by atoms with van der Waals surface area (Å²) >= 11 is 6.83. The van der Waals surface area contributed by atoms with Crippen LogP contribution in [0.25, 0.3) is 0 Å². The zero-order valence-corrected chi connectivity index (χ0v) is 29.6. The average molecular weight is 779 g/mol. The van der Waals surface area contributed by atoms with Crippen molar-refractivity contribution in [2.75, 3.05) is 38.1 Å². The van der Waals surface area contributed by atoms with E-state index in [1.165, 1.54) is 5.56 Å². The maximum Gasteiger partial charge on any atom is 0.520 e. The molecule has 13 heteroatoms. The van der Waals surface area contributed by atoms with E-state index in [9.17, 15) is 19.8 Å². The fourth-order valence-corrected chi connectivity index (χ4v) is 9.44. The Kier molecular flexibility index (Phi) is 9.85. The van der Waals surface area contributed by atoms with Crippen molar-refractivity contribution in [1.29, 1.82) is 0 Å². The molecule has 2 amide bonds. The van der Waals surface area contributed by atoms with Gasteiger partial charge in [-0.25, -0.2) is 0 Å². The van der Waals surface area contributed by atoms with Crippen LogP contribution in [-0.4, -0.2) is 106 Å². The van der Waals surface area contributed by atoms with Crippen LogP contribution in [0.1, 0.15) is 56.1 Å². The van der Waals surface area contributed by atoms with Gasteiger partial charge in [-0.3, -0.25) is 9.69 Å². The number of aryl methyl sites for hydroxylation is 1. The van der Waals surface area contributed by atoms with Crippen molar-refractivity contribution >= 4 is 49.5 Å². The standard InChI is InChI=1S/C34H43Br2N5O6/c35-26-16-21(17-27(36)32(26)43)18-29(33(44)39-13-9-23(10-14-39)40-12-3-5-24(42)20-40)47-34(45)41(15-11-25-19-31(41)46-25)30-8-7-22-4-1-2-6-28(22)37-38-30/h1-2,4,6,16-17,23-25,29-31,37-38,42H,3,5,7-15,18-20H2/p+1/t24-,25?,29+,30?,31?,41?/m0/s1. The number of amides is 2. The normalized spacial score (nSPS) is 30.3. The highest BCUT2D eigenvalue weighted by molar-refractivity contribution is 9.11. The summed E-state index contributed by atoms with van der Waals surface area (Å²) in [5, 5.41) is 20.6. The van der Waals surface area contributed by atoms with E-state index in [1.807, 2.05) is 23.1 Å². The van der Waals surface area contributed by atoms with Gasteiger partial charge in [0.25, 0.3) is 5.91 Å². The second-order valence-corrected chi connectivity index (χ2v) is 15.4. The Bertz CT molecular complexity index is 1430. The number of anilines is 1. The summed E-state index contributed by atoms with van der Waals surface area (Å²) < 4.78 is 13.6. The van der Waals surface area contributed by atoms with Crippen LogP contribution in [0.15, 0.2) is 45.3 Å². The van der Waals surface area contributed by atoms with Crippen molar-refractivity contribution in [2.24, 2.45) is 0 Å². The Morgan fingerprint density at radius 3 is 2.51 bits per heavy atom. The quantitative estimate of drug-likeness (QED) is 0.311. The van der Waals surface area contributed by atoms with Crippen LogP contribution in [0.2, 0.25) is 0 Å². The Morgan fingerprint density at radius 2 is 1.81 bits per heavy atom. The van der Waals surface area contributed by atoms with Crippen molar-refractivity contribution in [2.45, 2.75) is 94.5 Å². The van der Waals surface area contributed by atoms with Gasteiger partial charge in [-0.05, 0) is 99.8 Å². The largest absolute Gasteiger partial charge is 0.520 e. The number of phenols is 1. The third-order valence-electron chi connectivity index (χ3n) is 10.9. The molecule has 2 aromatic rings. The summed E-state index contributed by atoms with van der Waals surface area (Å²) in [6, 6.07) is 12.0. The minimum absolute atomic E-state index is 0.0381. The molecule has 0 aliphatic carbocycles. The number of ether oxygens (including phenoxy) is 2. The highest BCUT2D eigenvalue weighted by Gasteiger charge is 2.62. The molecule has 2 bridgehead atoms. The zero-order chi connectivity index (χ0) is 32.7. The van der Waals surface area contributed by atoms with E-state index in [-0.39, 0.29) is 47.2 Å². The molecule has 5 fully saturated rings. The zero-order valence-electron chi connectivity index (χ0n) is 26.5. The molecule has 8 rings (SSSR count). The molecular formula is C34H44Br2N5O6+. The first-order chi connectivity index (χ1) is 22.7. The first-order valence-electron chi connectivity index (χ1n) is 16.9. The number of aromatic hydroxyl groups is 1. The average Bonchev–Trinajstić information content (AvgIpc) is 3.29. The highest BCUT2D eigenvalue weighted by Crippen LogP contribution is 2.43. The number of nitrogens with one attached hydrogen (secondary N) is 2. The molecule has 4 unspecified atom stereocenters. The number of piperidine rings is 3. The molecule has 6 heterocycles. The van der Waals surface area contributed by atoms with Gasteiger partial charge in [0.2, 0.25) is 6.23 Å². The molecule has 47 heavy (non-hydrogen) atoms. The number of para-hydroxylation sites is 1. The molecule has 0 spiro atoms. The van der Waals surface area contributed by atoms with E-state index >= 15 is 0 Å². The van der Waals surface area contributed by atoms with Gasteiger partial charge in [-0.15, -0.1) is 0 Å². The minimum atomic E-state index is -1.05. The maximum absolute atomic E-state index is 14.6. The predicted octanol–water partition coefficient (Wildman–Crippen LogP) is 4.64. The molecule has 6 aliphatic heterocycles. The molecule has 254 valence electrons. The van der Waals surface area contributed by atoms with Crippen LogP contribution in [0, 0.1) is 0 Å². The number of hydrazine groups is 1. The second-order valence-electron chi connectivity index (χ2n) is 13.7. The number of phenolic OH excluding ortho intramolecular Hbond substituents is 1. The predicted molar refractivity (Wildman–Crippen MR) is 182 cm³/mol. The highest BCUT2D eigenvalue weighted by atomic mass is 79.9. The summed E-state index contributed by atoms with van der Waals surface area (Å²) in [5.41, 5.74) is 9.71. The van der Waals surface area contributed by atoms with Gasteiger partial charge in [-0.1, -0.05) is 18.2 Å². The Balaban J connectivity index is 1.12. The number of aliphatic hydroxyl groups excluding tert-OH is 1. The molecule has 6 atom stereocenters. The molecular weight excluding hydrogens is 734 g/mol. The number of benzene rings is 2. The van der Waals surface area contributed by atoms with Crippen LogP contribution < -0.4 is 10.9 Å². The van der Waals surface area contributed by atoms with Gasteiger partial charge in [0, 0.05) is 44.9 Å². The topological polar surface area (TPSA) is 124 Å². The number of fused-ring (bicyclic) bond motifs is 3. The van der Waals surface area contributed by atoms with E-state index in [2.05, 4.69) is 53.7 Å². The number of halogens is 2. The van der Waals surface area contributed by atoms with E-state index in [0.717, 1.165) is 62.7 Å². The summed E-state index contributed by atoms with van der Waals surface area (Å²) in [4.78, 5) is 33.2. The fourth-order valence-electron chi connectivity index (χ4n) is 8.16. The van der Waals surface area contributed by atoms with Crippen molar-refractivity contribution in [3.05, 3.63) is 56.5 Å². The summed E-state index contributed by atoms with van der Waals surface area (Å²) in [5.74, 6) is -0.140. The number of likely N-dealkylation sites (tertiary alicyclic amines) is 2. The van der Waals surface area contributed by atoms with Gasteiger partial charge in [-0.2, -0.15) is 14.7 Å². The molecule has 2 aromatic carbocycles. The van der Waals surface area contributed by atoms with Crippen LogP contribution in [0.5, 0.6) is 5.75 Å². The number of aliphatic hydroxyl groups is 1. The van der Waals surface area contributed by atoms with Crippen LogP contribution in [0.4, 0.5) is 10.5 Å². The SMILES string of the molecule is O=C([C@@H](Cc1cc(Br)c(O)c(Br)c1)OC(=O)[N+]1(C2CCc3ccccc3NN2)CCC2CC1O2)N1CCC(N2CCC[C@H](O)C2)CC1. The van der Waals surface area contributed by atoms with Crippen LogP contribution in [0.3, 0.4) is 0 Å². The Morgan fingerprint density at radius 1 is 1.06 bits per heavy atom. The van der Waals surface area contributed by atoms with E-state index in [1.54, 1.807) is 12.1 Å². The number of hydrogen-bond donors (Lipinski definition) is 4. The fraction of sp³-hybridized carbons (Fsp3) is 0.588. The summed E-state index contributed by atoms with van der Waals surface area (Å²) in [7, 11) is 0. The number of quaternary nitrogens is 1. The Labute approximate surface area is 292 Å². The van der Waals surface area contributed by atoms with Gasteiger partial charge < -0.3 is 30.0 Å². The first-order valence-corrected chi connectivity index (χ1v) is 18.5. The van der Waals surface area contributed by atoms with Gasteiger partial charge in [0.05, 0.1) is 39.8 Å². The van der Waals surface area contributed by atoms with Crippen LogP contribution >= 0.6 is 31.9 Å². The number of carbonyl (C=O) groups excluding carboxylic acids is 2. The minimum Gasteiger partial charge on any atom is -0.506 e. The van der Waals surface area contributed by atoms with E-state index in [0.29, 0.717) is 47.6 Å². The molecule has 4 N–H and O–H groups in total. The number of hydrogen-bond acceptors (Lipinski definition) is 9. The van der Waals surface area contributed by atoms with Crippen molar-refractivity contribution in [1.82, 2.24) is 15.2 Å². The number of rotatable bonds is 6. The van der Waals surface area contributed by atoms with E-state index in [4.69, 9.17) is 9.47 Å². The van der Waals surface area contributed by atoms with E-state index < -0.39 is 12.2 Å². The Hall–Kier alpha value is -2.26. The lowest BCUT2D eigenvalue weighted by atomic mass is 9.95. The number of β-amino-alcohol motifs (C(OH)–C–C–N with tert-alkyl or cyclic N) is 1. The van der Waals surface area contributed by atoms with Crippen molar-refractivity contribution in [3.63, 3.8) is 0 Å². The van der Waals surface area contributed by atoms with Crippen LogP contribution in [-0.2, 0) is 27.1 Å². The number of nitrogens with zero attached hydrogens (tertiary/aromatic N) is 3. The lowest BCUT2D eigenvalue weighted by Gasteiger charge is -2.55. The molecule has 11 nitrogen and oxygen atoms in total. The first kappa shape index (κ1) is 33.2. The number of carbonyl (C=O) groups is 2. The molecule has 0 radical (unpaired) electrons. The van der Waals surface area contributed by atoms with Gasteiger partial charge in [0.1, 0.15) is 5.75 Å². The third kappa shape index (κ3) is 6.69. The summed E-state index contributed by atoms with van der Waals surface area (Å²) in [6.07, 6.45) is 4.31. The maximum atomic E-state index is 14.6. The van der Waals surface area contributed by atoms with Gasteiger partial charge >= 0.3 is 6.09 Å². The lowest BCUT2D eigenvalue weighted by molar-refractivity contribution is -0.956. The smallest absolute Gasteiger partial charge is 0.506 e. The molecule has 5 saturated heterocycles. The van der Waals surface area contributed by atoms with Crippen molar-refractivity contribution in [3.8, 4) is 5.75 Å². The summed E-state index contributed by atoms with van der Waals surface area (Å²) in [6.45, 7) is 3.34. The molecule has 0 saturated carbocycles. The lowest BCUT2D eigenvalue weighted by Crippen LogP contribution is -2.77. The second kappa shape index (κ2) is 13.9.